The molecule has 0 spiro atoms. The molecule has 74 valence electrons. The van der Waals surface area contributed by atoms with Gasteiger partial charge in [-0.2, -0.15) is 0 Å². The second-order valence-electron chi connectivity index (χ2n) is 3.02. The summed E-state index contributed by atoms with van der Waals surface area (Å²) >= 11 is 1.39. The van der Waals surface area contributed by atoms with Gasteiger partial charge in [-0.25, -0.2) is 0 Å². The summed E-state index contributed by atoms with van der Waals surface area (Å²) in [7, 11) is 0. The Morgan fingerprint density at radius 3 is 3.07 bits per heavy atom. The van der Waals surface area contributed by atoms with Crippen molar-refractivity contribution < 1.29 is 4.42 Å². The van der Waals surface area contributed by atoms with Crippen LogP contribution in [-0.2, 0) is 0 Å². The van der Waals surface area contributed by atoms with E-state index < -0.39 is 0 Å². The molecule has 3 rings (SSSR count). The van der Waals surface area contributed by atoms with Crippen molar-refractivity contribution in [2.45, 2.75) is 0 Å². The average molecular weight is 262 g/mol. The van der Waals surface area contributed by atoms with E-state index in [4.69, 9.17) is 4.42 Å². The zero-order chi connectivity index (χ0) is 10.3. The van der Waals surface area contributed by atoms with E-state index >= 15 is 0 Å². The molecule has 15 heavy (non-hydrogen) atoms. The van der Waals surface area contributed by atoms with Crippen molar-refractivity contribution in [3.8, 4) is 11.6 Å². The van der Waals surface area contributed by atoms with Crippen LogP contribution < -0.4 is 4.61 Å². The van der Waals surface area contributed by atoms with Gasteiger partial charge < -0.3 is 0 Å². The number of aromatic nitrogens is 4. The summed E-state index contributed by atoms with van der Waals surface area (Å²) in [5.74, 6) is 1.39. The molecule has 0 fully saturated rings. The van der Waals surface area contributed by atoms with Crippen LogP contribution in [-0.4, -0.2) is 36.8 Å². The van der Waals surface area contributed by atoms with Gasteiger partial charge >= 0.3 is 93.2 Å². The van der Waals surface area contributed by atoms with Crippen molar-refractivity contribution in [2.75, 3.05) is 0 Å². The van der Waals surface area contributed by atoms with Crippen LogP contribution in [0.4, 0.5) is 0 Å². The second kappa shape index (κ2) is 3.21. The van der Waals surface area contributed by atoms with Gasteiger partial charge in [0.25, 0.3) is 0 Å². The Hall–Kier alpha value is -1.61. The zero-order valence-electron chi connectivity index (χ0n) is 7.64. The first-order valence-electron chi connectivity index (χ1n) is 4.35. The van der Waals surface area contributed by atoms with E-state index in [1.807, 2.05) is 12.1 Å². The van der Waals surface area contributed by atoms with Crippen LogP contribution >= 0.6 is 0 Å². The molecule has 1 atom stereocenters. The fraction of sp³-hybridized carbons (Fsp3) is 0. The number of fused-ring (bicyclic) bond motifs is 1. The van der Waals surface area contributed by atoms with Crippen LogP contribution in [0.3, 0.4) is 0 Å². The van der Waals surface area contributed by atoms with E-state index in [2.05, 4.69) is 19.9 Å². The number of H-pyrrole nitrogens is 1. The SMILES string of the molecule is [AsH2]c1ncc2nc(-c3ccco3)[nH]c2n1. The molecule has 0 radical (unpaired) electrons. The van der Waals surface area contributed by atoms with Crippen molar-refractivity contribution in [3.05, 3.63) is 24.6 Å². The zero-order valence-corrected chi connectivity index (χ0v) is 10.1. The molecule has 0 amide bonds. The van der Waals surface area contributed by atoms with Gasteiger partial charge in [-0.15, -0.1) is 0 Å². The van der Waals surface area contributed by atoms with Gasteiger partial charge in [0.15, 0.2) is 0 Å². The van der Waals surface area contributed by atoms with Gasteiger partial charge in [0, 0.05) is 0 Å². The number of furan rings is 1. The molecule has 6 heteroatoms. The summed E-state index contributed by atoms with van der Waals surface area (Å²) in [6.07, 6.45) is 3.32. The summed E-state index contributed by atoms with van der Waals surface area (Å²) in [4.78, 5) is 15.8. The van der Waals surface area contributed by atoms with E-state index in [9.17, 15) is 0 Å². The Kier molecular flexibility index (Phi) is 1.85. The van der Waals surface area contributed by atoms with Crippen molar-refractivity contribution in [1.82, 2.24) is 19.9 Å². The number of hydrogen-bond acceptors (Lipinski definition) is 4. The molecular weight excluding hydrogens is 255 g/mol. The first-order chi connectivity index (χ1) is 7.33. The molecule has 5 nitrogen and oxygen atoms in total. The van der Waals surface area contributed by atoms with Crippen LogP contribution in [0, 0.1) is 0 Å². The summed E-state index contributed by atoms with van der Waals surface area (Å²) in [5.41, 5.74) is 1.50. The van der Waals surface area contributed by atoms with Gasteiger partial charge in [0.2, 0.25) is 0 Å². The molecule has 0 bridgehead atoms. The van der Waals surface area contributed by atoms with Crippen LogP contribution in [0.5, 0.6) is 0 Å². The molecule has 3 aromatic heterocycles. The Balaban J connectivity index is 2.22. The van der Waals surface area contributed by atoms with Crippen LogP contribution in [0.15, 0.2) is 29.0 Å². The molecule has 0 aliphatic carbocycles. The van der Waals surface area contributed by atoms with Crippen molar-refractivity contribution >= 4 is 32.6 Å². The van der Waals surface area contributed by atoms with E-state index in [0.717, 1.165) is 15.8 Å². The molecule has 3 aromatic rings. The quantitative estimate of drug-likeness (QED) is 0.620. The molecule has 3 heterocycles. The van der Waals surface area contributed by atoms with Gasteiger partial charge in [0.1, 0.15) is 0 Å². The van der Waals surface area contributed by atoms with Gasteiger partial charge in [-0.05, 0) is 0 Å². The third-order valence-corrected chi connectivity index (χ3v) is 2.60. The number of rotatable bonds is 1. The van der Waals surface area contributed by atoms with Gasteiger partial charge in [-0.1, -0.05) is 0 Å². The van der Waals surface area contributed by atoms with Crippen molar-refractivity contribution in [3.63, 3.8) is 0 Å². The summed E-state index contributed by atoms with van der Waals surface area (Å²) in [5, 5.41) is 0. The van der Waals surface area contributed by atoms with Crippen LogP contribution in [0.2, 0.25) is 0 Å². The molecule has 0 saturated carbocycles. The fourth-order valence-corrected chi connectivity index (χ4v) is 1.78. The summed E-state index contributed by atoms with van der Waals surface area (Å²) in [6, 6.07) is 3.67. The molecule has 0 aliphatic heterocycles. The van der Waals surface area contributed by atoms with Gasteiger partial charge in [-0.3, -0.25) is 0 Å². The van der Waals surface area contributed by atoms with Crippen LogP contribution in [0.25, 0.3) is 22.7 Å². The maximum atomic E-state index is 5.24. The summed E-state index contributed by atoms with van der Waals surface area (Å²) in [6.45, 7) is 0. The molecule has 0 aliphatic rings. The first kappa shape index (κ1) is 8.68. The molecule has 1 N–H and O–H groups in total. The Bertz CT molecular complexity index is 602. The standard InChI is InChI=1S/C9H7AsN4O/c10-9-11-4-5-7(14-9)13-8(12-5)6-2-1-3-15-6/h1-4H,10H2,(H,11,12,13,14). The number of nitrogens with one attached hydrogen (secondary N) is 1. The van der Waals surface area contributed by atoms with E-state index in [1.165, 1.54) is 16.9 Å². The van der Waals surface area contributed by atoms with Crippen molar-refractivity contribution in [2.24, 2.45) is 0 Å². The van der Waals surface area contributed by atoms with Gasteiger partial charge in [0.05, 0.1) is 0 Å². The number of hydrogen-bond donors (Lipinski definition) is 1. The average Bonchev–Trinajstić information content (AvgIpc) is 2.84. The van der Waals surface area contributed by atoms with E-state index in [-0.39, 0.29) is 0 Å². The molecule has 1 unspecified atom stereocenters. The van der Waals surface area contributed by atoms with Crippen molar-refractivity contribution in [1.29, 1.82) is 0 Å². The Morgan fingerprint density at radius 1 is 1.33 bits per heavy atom. The predicted octanol–water partition coefficient (Wildman–Crippen LogP) is -0.129. The topological polar surface area (TPSA) is 67.6 Å². The molecule has 0 aromatic carbocycles. The molecular formula is C9H7AsN4O. The minimum atomic E-state index is 0.683. The third kappa shape index (κ3) is 1.45. The van der Waals surface area contributed by atoms with E-state index in [0.29, 0.717) is 11.6 Å². The normalized spacial score (nSPS) is 11.0. The van der Waals surface area contributed by atoms with E-state index in [1.54, 1.807) is 12.5 Å². The maximum absolute atomic E-state index is 5.24. The monoisotopic (exact) mass is 262 g/mol. The summed E-state index contributed by atoms with van der Waals surface area (Å²) < 4.78 is 6.02. The number of aromatic amines is 1. The Labute approximate surface area is 93.5 Å². The second-order valence-corrected chi connectivity index (χ2v) is 4.11. The third-order valence-electron chi connectivity index (χ3n) is 2.01. The Morgan fingerprint density at radius 2 is 2.27 bits per heavy atom. The number of imidazole rings is 1. The molecule has 0 saturated heterocycles. The predicted molar refractivity (Wildman–Crippen MR) is 57.6 cm³/mol. The number of nitrogens with zero attached hydrogens (tertiary/aromatic N) is 3. The first-order valence-corrected chi connectivity index (χ1v) is 5.56. The minimum absolute atomic E-state index is 0.683. The fourth-order valence-electron chi connectivity index (χ4n) is 1.35. The van der Waals surface area contributed by atoms with Crippen LogP contribution in [0.1, 0.15) is 0 Å².